The number of hydrogen-bond acceptors (Lipinski definition) is 3. The molecule has 1 N–H and O–H groups in total. The molecule has 0 radical (unpaired) electrons. The highest BCUT2D eigenvalue weighted by atomic mass is 35.5. The fourth-order valence-electron chi connectivity index (χ4n) is 3.33. The van der Waals surface area contributed by atoms with E-state index in [2.05, 4.69) is 20.0 Å². The second-order valence-electron chi connectivity index (χ2n) is 7.15. The van der Waals surface area contributed by atoms with Crippen LogP contribution in [0.2, 0.25) is 5.15 Å². The Bertz CT molecular complexity index is 1160. The lowest BCUT2D eigenvalue weighted by atomic mass is 10.2. The Balaban J connectivity index is 1.46. The molecule has 0 bridgehead atoms. The minimum absolute atomic E-state index is 0.269. The lowest BCUT2D eigenvalue weighted by Crippen LogP contribution is -2.13. The third-order valence-corrected chi connectivity index (χ3v) is 5.34. The van der Waals surface area contributed by atoms with Crippen molar-refractivity contribution in [2.75, 3.05) is 5.32 Å². The molecule has 152 valence electrons. The molecule has 0 aliphatic heterocycles. The van der Waals surface area contributed by atoms with Crippen molar-refractivity contribution in [3.63, 3.8) is 0 Å². The first-order valence-electron chi connectivity index (χ1n) is 9.66. The summed E-state index contributed by atoms with van der Waals surface area (Å²) in [6.45, 7) is 5.00. The highest BCUT2D eigenvalue weighted by Gasteiger charge is 2.20. The SMILES string of the molecule is Cc1nn(Cc2ccccc2)c(Cl)c1C(=O)Nc1ccc(Cn2ccnc2C)cc1. The molecule has 2 heterocycles. The predicted octanol–water partition coefficient (Wildman–Crippen LogP) is 4.70. The van der Waals surface area contributed by atoms with Gasteiger partial charge >= 0.3 is 0 Å². The normalized spacial score (nSPS) is 10.9. The molecule has 0 spiro atoms. The monoisotopic (exact) mass is 419 g/mol. The summed E-state index contributed by atoms with van der Waals surface area (Å²) in [5, 5.41) is 7.70. The highest BCUT2D eigenvalue weighted by Crippen LogP contribution is 2.22. The van der Waals surface area contributed by atoms with Crippen LogP contribution in [0.5, 0.6) is 0 Å². The Kier molecular flexibility index (Phi) is 5.68. The number of nitrogens with one attached hydrogen (secondary N) is 1. The van der Waals surface area contributed by atoms with E-state index in [-0.39, 0.29) is 5.91 Å². The van der Waals surface area contributed by atoms with E-state index in [0.29, 0.717) is 28.6 Å². The van der Waals surface area contributed by atoms with E-state index < -0.39 is 0 Å². The first-order valence-corrected chi connectivity index (χ1v) is 10.0. The van der Waals surface area contributed by atoms with Crippen molar-refractivity contribution in [2.45, 2.75) is 26.9 Å². The smallest absolute Gasteiger partial charge is 0.260 e. The summed E-state index contributed by atoms with van der Waals surface area (Å²) in [7, 11) is 0. The molecular weight excluding hydrogens is 398 g/mol. The van der Waals surface area contributed by atoms with Crippen LogP contribution >= 0.6 is 11.6 Å². The van der Waals surface area contributed by atoms with E-state index in [1.54, 1.807) is 17.8 Å². The maximum absolute atomic E-state index is 12.8. The second kappa shape index (κ2) is 8.55. The summed E-state index contributed by atoms with van der Waals surface area (Å²) >= 11 is 6.49. The maximum Gasteiger partial charge on any atom is 0.260 e. The largest absolute Gasteiger partial charge is 0.331 e. The van der Waals surface area contributed by atoms with Gasteiger partial charge in [0.25, 0.3) is 5.91 Å². The zero-order valence-corrected chi connectivity index (χ0v) is 17.6. The molecule has 0 saturated carbocycles. The molecule has 4 aromatic rings. The third kappa shape index (κ3) is 4.28. The fourth-order valence-corrected chi connectivity index (χ4v) is 3.65. The zero-order valence-electron chi connectivity index (χ0n) is 16.8. The molecule has 0 atom stereocenters. The summed E-state index contributed by atoms with van der Waals surface area (Å²) in [6.07, 6.45) is 3.73. The number of halogens is 1. The topological polar surface area (TPSA) is 64.7 Å². The van der Waals surface area contributed by atoms with Gasteiger partial charge < -0.3 is 9.88 Å². The Hall–Kier alpha value is -3.38. The number of nitrogens with zero attached hydrogens (tertiary/aromatic N) is 4. The Morgan fingerprint density at radius 3 is 2.37 bits per heavy atom. The van der Waals surface area contributed by atoms with Gasteiger partial charge in [-0.3, -0.25) is 4.79 Å². The van der Waals surface area contributed by atoms with Crippen molar-refractivity contribution < 1.29 is 4.79 Å². The van der Waals surface area contributed by atoms with E-state index in [1.165, 1.54) is 0 Å². The van der Waals surface area contributed by atoms with Gasteiger partial charge in [0.2, 0.25) is 0 Å². The molecule has 0 aliphatic rings. The van der Waals surface area contributed by atoms with Gasteiger partial charge in [0.15, 0.2) is 0 Å². The summed E-state index contributed by atoms with van der Waals surface area (Å²) in [5.41, 5.74) is 3.89. The number of anilines is 1. The molecule has 0 aliphatic carbocycles. The molecule has 30 heavy (non-hydrogen) atoms. The van der Waals surface area contributed by atoms with E-state index in [4.69, 9.17) is 11.6 Å². The van der Waals surface area contributed by atoms with Crippen molar-refractivity contribution in [1.82, 2.24) is 19.3 Å². The third-order valence-electron chi connectivity index (χ3n) is 4.96. The highest BCUT2D eigenvalue weighted by molar-refractivity contribution is 6.33. The van der Waals surface area contributed by atoms with Gasteiger partial charge in [0.1, 0.15) is 11.0 Å². The lowest BCUT2D eigenvalue weighted by Gasteiger charge is -2.08. The molecule has 0 fully saturated rings. The number of amides is 1. The van der Waals surface area contributed by atoms with Crippen LogP contribution in [-0.2, 0) is 13.1 Å². The van der Waals surface area contributed by atoms with Crippen LogP contribution in [0.4, 0.5) is 5.69 Å². The average molecular weight is 420 g/mol. The molecule has 6 nitrogen and oxygen atoms in total. The Morgan fingerprint density at radius 2 is 1.70 bits per heavy atom. The number of imidazole rings is 1. The van der Waals surface area contributed by atoms with Gasteiger partial charge in [-0.15, -0.1) is 0 Å². The van der Waals surface area contributed by atoms with Gasteiger partial charge in [0, 0.05) is 24.6 Å². The predicted molar refractivity (Wildman–Crippen MR) is 118 cm³/mol. The fraction of sp³-hybridized carbons (Fsp3) is 0.174. The molecular formula is C23H22ClN5O. The van der Waals surface area contributed by atoms with Crippen LogP contribution in [0.1, 0.15) is 33.0 Å². The van der Waals surface area contributed by atoms with Crippen LogP contribution < -0.4 is 5.32 Å². The van der Waals surface area contributed by atoms with Gasteiger partial charge in [-0.2, -0.15) is 5.10 Å². The summed E-state index contributed by atoms with van der Waals surface area (Å²) in [6, 6.07) is 17.6. The molecule has 7 heteroatoms. The summed E-state index contributed by atoms with van der Waals surface area (Å²) in [5.74, 6) is 0.694. The molecule has 2 aromatic heterocycles. The maximum atomic E-state index is 12.8. The number of hydrogen-bond donors (Lipinski definition) is 1. The van der Waals surface area contributed by atoms with Crippen LogP contribution in [0.15, 0.2) is 67.0 Å². The van der Waals surface area contributed by atoms with Crippen LogP contribution in [0.3, 0.4) is 0 Å². The average Bonchev–Trinajstić information content (AvgIpc) is 3.26. The number of carbonyl (C=O) groups is 1. The number of rotatable bonds is 6. The summed E-state index contributed by atoms with van der Waals surface area (Å²) < 4.78 is 3.72. The number of aryl methyl sites for hydroxylation is 2. The van der Waals surface area contributed by atoms with Crippen molar-refractivity contribution in [3.8, 4) is 0 Å². The second-order valence-corrected chi connectivity index (χ2v) is 7.51. The van der Waals surface area contributed by atoms with E-state index in [9.17, 15) is 4.79 Å². The zero-order chi connectivity index (χ0) is 21.1. The molecule has 2 aromatic carbocycles. The minimum Gasteiger partial charge on any atom is -0.331 e. The molecule has 4 rings (SSSR count). The standard InChI is InChI=1S/C23H22ClN5O/c1-16-21(22(24)29(27-16)15-18-6-4-3-5-7-18)23(30)26-20-10-8-19(9-11-20)14-28-13-12-25-17(28)2/h3-13H,14-15H2,1-2H3,(H,26,30). The van der Waals surface area contributed by atoms with Crippen molar-refractivity contribution in [2.24, 2.45) is 0 Å². The van der Waals surface area contributed by atoms with E-state index in [1.807, 2.05) is 67.7 Å². The van der Waals surface area contributed by atoms with Gasteiger partial charge in [-0.1, -0.05) is 54.1 Å². The van der Waals surface area contributed by atoms with Crippen LogP contribution in [0, 0.1) is 13.8 Å². The Labute approximate surface area is 180 Å². The Morgan fingerprint density at radius 1 is 1.00 bits per heavy atom. The number of benzene rings is 2. The van der Waals surface area contributed by atoms with E-state index >= 15 is 0 Å². The molecule has 0 unspecified atom stereocenters. The number of aromatic nitrogens is 4. The minimum atomic E-state index is -0.269. The number of carbonyl (C=O) groups excluding carboxylic acids is 1. The van der Waals surface area contributed by atoms with Gasteiger partial charge in [-0.25, -0.2) is 9.67 Å². The van der Waals surface area contributed by atoms with Gasteiger partial charge in [-0.05, 0) is 37.1 Å². The van der Waals surface area contributed by atoms with Crippen molar-refractivity contribution in [3.05, 3.63) is 100 Å². The van der Waals surface area contributed by atoms with Crippen LogP contribution in [-0.4, -0.2) is 25.2 Å². The lowest BCUT2D eigenvalue weighted by molar-refractivity contribution is 0.102. The molecule has 1 amide bonds. The van der Waals surface area contributed by atoms with E-state index in [0.717, 1.165) is 23.5 Å². The summed E-state index contributed by atoms with van der Waals surface area (Å²) in [4.78, 5) is 17.1. The first kappa shape index (κ1) is 19.9. The van der Waals surface area contributed by atoms with Crippen molar-refractivity contribution in [1.29, 1.82) is 0 Å². The van der Waals surface area contributed by atoms with Gasteiger partial charge in [0.05, 0.1) is 17.8 Å². The van der Waals surface area contributed by atoms with Crippen molar-refractivity contribution >= 4 is 23.2 Å². The quantitative estimate of drug-likeness (QED) is 0.492. The van der Waals surface area contributed by atoms with Crippen LogP contribution in [0.25, 0.3) is 0 Å². The first-order chi connectivity index (χ1) is 14.5. The molecule has 0 saturated heterocycles.